The summed E-state index contributed by atoms with van der Waals surface area (Å²) in [7, 11) is 0. The van der Waals surface area contributed by atoms with E-state index in [0.29, 0.717) is 11.1 Å². The van der Waals surface area contributed by atoms with Crippen molar-refractivity contribution in [3.8, 4) is 0 Å². The molecule has 0 aliphatic rings. The van der Waals surface area contributed by atoms with Crippen LogP contribution in [0.1, 0.15) is 6.92 Å². The van der Waals surface area contributed by atoms with Crippen LogP contribution in [0, 0.1) is 0 Å². The molecule has 0 aromatic carbocycles. The van der Waals surface area contributed by atoms with Gasteiger partial charge in [0.05, 0.1) is 0 Å². The van der Waals surface area contributed by atoms with Crippen LogP contribution in [0.3, 0.4) is 0 Å². The van der Waals surface area contributed by atoms with Crippen molar-refractivity contribution in [1.29, 1.82) is 0 Å². The maximum absolute atomic E-state index is 10.2. The average molecular weight is 256 g/mol. The predicted octanol–water partition coefficient (Wildman–Crippen LogP) is -3.30. The molecule has 0 bridgehead atoms. The Morgan fingerprint density at radius 1 is 1.67 bits per heavy atom. The Bertz CT molecular complexity index is 68.8. The van der Waals surface area contributed by atoms with Crippen molar-refractivity contribution in [3.63, 3.8) is 0 Å². The molecular weight excluding hydrogens is 247 g/mol. The van der Waals surface area contributed by atoms with Gasteiger partial charge in [0.1, 0.15) is 0 Å². The third kappa shape index (κ3) is 12.4. The fraction of sp³-hybridized carbons (Fsp3) is 0.750. The molecule has 0 amide bonds. The molecule has 0 aromatic heterocycles. The van der Waals surface area contributed by atoms with Crippen LogP contribution in [0.2, 0.25) is 4.47 Å². The molecule has 0 atom stereocenters. The van der Waals surface area contributed by atoms with E-state index >= 15 is 0 Å². The summed E-state index contributed by atoms with van der Waals surface area (Å²) in [5, 5.41) is 0. The molecule has 1 N–H and O–H groups in total. The number of rotatable bonds is 2. The number of hydrogen-bond donors (Lipinski definition) is 0. The van der Waals surface area contributed by atoms with Gasteiger partial charge in [-0.15, -0.1) is 0 Å². The van der Waals surface area contributed by atoms with E-state index < -0.39 is 0 Å². The van der Waals surface area contributed by atoms with Gasteiger partial charge in [0.2, 0.25) is 0 Å². The standard InChI is InChI=1S/C4H8O2Te.Na.H2O/c1-2-6-4(5)3-7;;/h7H,2-3H2,1H3;;1H2/q;+1;/p-1. The fourth-order valence-corrected chi connectivity index (χ4v) is 0.467. The van der Waals surface area contributed by atoms with Crippen molar-refractivity contribution in [2.24, 2.45) is 0 Å². The Morgan fingerprint density at radius 3 is 2.22 bits per heavy atom. The fourth-order valence-electron chi connectivity index (χ4n) is 0.207. The SMILES string of the molecule is CCOC(=O)C[TeH].[Na+].[OH-]. The van der Waals surface area contributed by atoms with Crippen LogP contribution in [0.5, 0.6) is 0 Å². The van der Waals surface area contributed by atoms with E-state index in [0.717, 1.165) is 0 Å². The van der Waals surface area contributed by atoms with Gasteiger partial charge in [0.25, 0.3) is 0 Å². The number of carbonyl (C=O) groups is 1. The molecule has 0 aliphatic carbocycles. The van der Waals surface area contributed by atoms with E-state index in [1.807, 2.05) is 0 Å². The molecule has 0 radical (unpaired) electrons. The summed E-state index contributed by atoms with van der Waals surface area (Å²) < 4.78 is 5.09. The van der Waals surface area contributed by atoms with Gasteiger partial charge in [-0.3, -0.25) is 0 Å². The zero-order valence-electron chi connectivity index (χ0n) is 5.63. The van der Waals surface area contributed by atoms with Crippen LogP contribution in [-0.2, 0) is 9.53 Å². The van der Waals surface area contributed by atoms with Gasteiger partial charge in [-0.2, -0.15) is 0 Å². The van der Waals surface area contributed by atoms with E-state index in [9.17, 15) is 4.79 Å². The Balaban J connectivity index is -0.000000180. The minimum atomic E-state index is -0.100. The summed E-state index contributed by atoms with van der Waals surface area (Å²) in [5.41, 5.74) is 0. The molecule has 9 heavy (non-hydrogen) atoms. The third-order valence-electron chi connectivity index (χ3n) is 0.434. The first kappa shape index (κ1) is 16.7. The molecule has 0 spiro atoms. The van der Waals surface area contributed by atoms with E-state index in [-0.39, 0.29) is 41.0 Å². The van der Waals surface area contributed by atoms with Crippen molar-refractivity contribution >= 4 is 28.3 Å². The first-order valence-corrected chi connectivity index (χ1v) is 3.88. The van der Waals surface area contributed by atoms with E-state index in [1.54, 1.807) is 6.92 Å². The molecule has 0 aliphatic heterocycles. The van der Waals surface area contributed by atoms with Crippen LogP contribution in [0.25, 0.3) is 0 Å². The minimum absolute atomic E-state index is 0. The molecule has 50 valence electrons. The Morgan fingerprint density at radius 2 is 2.11 bits per heavy atom. The van der Waals surface area contributed by atoms with E-state index in [1.165, 1.54) is 22.3 Å². The van der Waals surface area contributed by atoms with Gasteiger partial charge in [-0.25, -0.2) is 0 Å². The van der Waals surface area contributed by atoms with Crippen LogP contribution < -0.4 is 29.6 Å². The van der Waals surface area contributed by atoms with Gasteiger partial charge in [0.15, 0.2) is 0 Å². The molecule has 0 aromatic rings. The molecular formula is C4H9NaO3Te. The maximum Gasteiger partial charge on any atom is 1.00 e. The first-order chi connectivity index (χ1) is 3.31. The predicted molar refractivity (Wildman–Crippen MR) is 30.5 cm³/mol. The molecule has 5 heteroatoms. The van der Waals surface area contributed by atoms with Crippen LogP contribution in [-0.4, -0.2) is 40.3 Å². The largest absolute Gasteiger partial charge is 1.00 e. The van der Waals surface area contributed by atoms with Crippen molar-refractivity contribution in [1.82, 2.24) is 0 Å². The van der Waals surface area contributed by atoms with Gasteiger partial charge in [-0.1, -0.05) is 0 Å². The van der Waals surface area contributed by atoms with Crippen molar-refractivity contribution in [3.05, 3.63) is 0 Å². The van der Waals surface area contributed by atoms with E-state index in [2.05, 4.69) is 4.74 Å². The molecule has 0 rings (SSSR count). The van der Waals surface area contributed by atoms with Crippen LogP contribution >= 0.6 is 0 Å². The van der Waals surface area contributed by atoms with Crippen molar-refractivity contribution in [2.75, 3.05) is 6.61 Å². The second kappa shape index (κ2) is 12.0. The first-order valence-electron chi connectivity index (χ1n) is 2.07. The molecule has 0 saturated carbocycles. The Labute approximate surface area is 90.0 Å². The Kier molecular flexibility index (Phi) is 22.1. The van der Waals surface area contributed by atoms with Gasteiger partial charge >= 0.3 is 85.4 Å². The minimum Gasteiger partial charge on any atom is -0.870 e. The van der Waals surface area contributed by atoms with E-state index in [4.69, 9.17) is 0 Å². The molecule has 0 unspecified atom stereocenters. The molecule has 0 saturated heterocycles. The number of ether oxygens (including phenoxy) is 1. The average Bonchev–Trinajstić information content (AvgIpc) is 1.68. The topological polar surface area (TPSA) is 56.3 Å². The smallest absolute Gasteiger partial charge is 0.870 e. The normalized spacial score (nSPS) is 6.44. The van der Waals surface area contributed by atoms with Crippen LogP contribution in [0.4, 0.5) is 0 Å². The number of hydrogen-bond acceptors (Lipinski definition) is 3. The van der Waals surface area contributed by atoms with Gasteiger partial charge < -0.3 is 5.48 Å². The number of esters is 1. The summed E-state index contributed by atoms with van der Waals surface area (Å²) in [6.45, 7) is 2.31. The maximum atomic E-state index is 10.2. The summed E-state index contributed by atoms with van der Waals surface area (Å²) in [5.74, 6) is -0.100. The second-order valence-corrected chi connectivity index (χ2v) is 1.87. The molecule has 0 fully saturated rings. The second-order valence-electron chi connectivity index (χ2n) is 0.963. The number of carbonyl (C=O) groups excluding carboxylic acids is 1. The summed E-state index contributed by atoms with van der Waals surface area (Å²) >= 11 is 1.47. The summed E-state index contributed by atoms with van der Waals surface area (Å²) in [6, 6.07) is 0. The summed E-state index contributed by atoms with van der Waals surface area (Å²) in [6.07, 6.45) is 0. The van der Waals surface area contributed by atoms with Gasteiger partial charge in [0, 0.05) is 0 Å². The van der Waals surface area contributed by atoms with Gasteiger partial charge in [-0.05, 0) is 0 Å². The van der Waals surface area contributed by atoms with Crippen LogP contribution in [0.15, 0.2) is 0 Å². The zero-order chi connectivity index (χ0) is 5.70. The quantitative estimate of drug-likeness (QED) is 0.384. The monoisotopic (exact) mass is 258 g/mol. The molecule has 3 nitrogen and oxygen atoms in total. The third-order valence-corrected chi connectivity index (χ3v) is 1.17. The van der Waals surface area contributed by atoms with Crippen molar-refractivity contribution < 1.29 is 44.6 Å². The zero-order valence-corrected chi connectivity index (χ0v) is 10.2. The Hall–Kier alpha value is 1.22. The molecule has 0 heterocycles. The van der Waals surface area contributed by atoms with Crippen molar-refractivity contribution in [2.45, 2.75) is 11.4 Å². The summed E-state index contributed by atoms with van der Waals surface area (Å²) in [4.78, 5) is 10.2.